The van der Waals surface area contributed by atoms with E-state index < -0.39 is 12.0 Å². The van der Waals surface area contributed by atoms with Crippen LogP contribution in [0.4, 0.5) is 5.69 Å². The number of carbonyl (C=O) groups is 3. The van der Waals surface area contributed by atoms with Gasteiger partial charge in [0.2, 0.25) is 11.8 Å². The molecule has 1 fully saturated rings. The van der Waals surface area contributed by atoms with Gasteiger partial charge in [-0.1, -0.05) is 39.2 Å². The molecular formula is C22H32N2O4. The second kappa shape index (κ2) is 10.8. The van der Waals surface area contributed by atoms with Crippen LogP contribution in [0.5, 0.6) is 0 Å². The predicted octanol–water partition coefficient (Wildman–Crippen LogP) is 3.91. The normalized spacial score (nSPS) is 15.7. The van der Waals surface area contributed by atoms with E-state index in [-0.39, 0.29) is 23.7 Å². The second-order valence-corrected chi connectivity index (χ2v) is 7.82. The van der Waals surface area contributed by atoms with Crippen molar-refractivity contribution >= 4 is 23.5 Å². The number of esters is 1. The van der Waals surface area contributed by atoms with Gasteiger partial charge in [0.25, 0.3) is 0 Å². The van der Waals surface area contributed by atoms with Crippen LogP contribution in [-0.4, -0.2) is 30.4 Å². The zero-order chi connectivity index (χ0) is 20.5. The molecule has 0 heterocycles. The van der Waals surface area contributed by atoms with Gasteiger partial charge in [-0.05, 0) is 50.3 Å². The van der Waals surface area contributed by atoms with Crippen molar-refractivity contribution in [2.24, 2.45) is 11.8 Å². The average Bonchev–Trinajstić information content (AvgIpc) is 2.68. The summed E-state index contributed by atoms with van der Waals surface area (Å²) >= 11 is 0. The van der Waals surface area contributed by atoms with Crippen LogP contribution in [0.1, 0.15) is 69.7 Å². The van der Waals surface area contributed by atoms with E-state index in [4.69, 9.17) is 4.74 Å². The Kier molecular flexibility index (Phi) is 8.48. The fourth-order valence-electron chi connectivity index (χ4n) is 3.52. The molecule has 154 valence electrons. The fourth-order valence-corrected chi connectivity index (χ4v) is 3.52. The third-order valence-corrected chi connectivity index (χ3v) is 4.96. The van der Waals surface area contributed by atoms with E-state index >= 15 is 0 Å². The quantitative estimate of drug-likeness (QED) is 0.661. The summed E-state index contributed by atoms with van der Waals surface area (Å²) in [5.74, 6) is -0.459. The summed E-state index contributed by atoms with van der Waals surface area (Å²) in [6.45, 7) is 6.08. The fraction of sp³-hybridized carbons (Fsp3) is 0.591. The number of carbonyl (C=O) groups excluding carboxylic acids is 3. The van der Waals surface area contributed by atoms with Gasteiger partial charge in [-0.15, -0.1) is 0 Å². The van der Waals surface area contributed by atoms with Crippen LogP contribution in [0, 0.1) is 11.8 Å². The molecule has 1 atom stereocenters. The number of hydrogen-bond donors (Lipinski definition) is 2. The predicted molar refractivity (Wildman–Crippen MR) is 109 cm³/mol. The van der Waals surface area contributed by atoms with Gasteiger partial charge in [-0.2, -0.15) is 0 Å². The summed E-state index contributed by atoms with van der Waals surface area (Å²) in [7, 11) is 0. The minimum absolute atomic E-state index is 0.00311. The topological polar surface area (TPSA) is 84.5 Å². The first-order valence-electron chi connectivity index (χ1n) is 10.3. The molecule has 0 saturated heterocycles. The summed E-state index contributed by atoms with van der Waals surface area (Å²) in [6.07, 6.45) is 5.66. The minimum atomic E-state index is -0.597. The molecule has 1 aliphatic carbocycles. The molecule has 0 spiro atoms. The average molecular weight is 389 g/mol. The van der Waals surface area contributed by atoms with Crippen LogP contribution in [0.25, 0.3) is 0 Å². The standard InChI is InChI=1S/C22H32N2O4/c1-4-28-22(27)17-11-8-12-18(14-17)23-21(26)19(13-15(2)3)24-20(25)16-9-6-5-7-10-16/h8,11-12,14-16,19H,4-7,9-10,13H2,1-3H3,(H,23,26)(H,24,25)/t19-/m1/s1. The van der Waals surface area contributed by atoms with Crippen LogP contribution in [-0.2, 0) is 14.3 Å². The lowest BCUT2D eigenvalue weighted by Gasteiger charge is -2.25. The molecule has 1 saturated carbocycles. The Bertz CT molecular complexity index is 681. The smallest absolute Gasteiger partial charge is 0.338 e. The highest BCUT2D eigenvalue weighted by Crippen LogP contribution is 2.24. The molecule has 1 aromatic carbocycles. The molecule has 6 heteroatoms. The lowest BCUT2D eigenvalue weighted by Crippen LogP contribution is -2.47. The molecule has 2 rings (SSSR count). The van der Waals surface area contributed by atoms with Gasteiger partial charge in [0, 0.05) is 11.6 Å². The highest BCUT2D eigenvalue weighted by molar-refractivity contribution is 5.98. The maximum absolute atomic E-state index is 12.8. The van der Waals surface area contributed by atoms with Gasteiger partial charge in [-0.3, -0.25) is 9.59 Å². The molecule has 6 nitrogen and oxygen atoms in total. The highest BCUT2D eigenvalue weighted by atomic mass is 16.5. The molecule has 28 heavy (non-hydrogen) atoms. The number of anilines is 1. The SMILES string of the molecule is CCOC(=O)c1cccc(NC(=O)[C@@H](CC(C)C)NC(=O)C2CCCCC2)c1. The van der Waals surface area contributed by atoms with E-state index in [0.717, 1.165) is 25.7 Å². The van der Waals surface area contributed by atoms with Crippen molar-refractivity contribution in [3.05, 3.63) is 29.8 Å². The third-order valence-electron chi connectivity index (χ3n) is 4.96. The van der Waals surface area contributed by atoms with Crippen molar-refractivity contribution in [3.63, 3.8) is 0 Å². The van der Waals surface area contributed by atoms with Crippen LogP contribution >= 0.6 is 0 Å². The molecule has 2 amide bonds. The molecule has 0 unspecified atom stereocenters. The van der Waals surface area contributed by atoms with Crippen LogP contribution in [0.3, 0.4) is 0 Å². The third kappa shape index (κ3) is 6.66. The van der Waals surface area contributed by atoms with E-state index in [1.807, 2.05) is 13.8 Å². The maximum Gasteiger partial charge on any atom is 0.338 e. The summed E-state index contributed by atoms with van der Waals surface area (Å²) in [5.41, 5.74) is 0.891. The molecule has 0 aromatic heterocycles. The summed E-state index contributed by atoms with van der Waals surface area (Å²) < 4.78 is 5.00. The Morgan fingerprint density at radius 2 is 1.86 bits per heavy atom. The monoisotopic (exact) mass is 388 g/mol. The molecule has 1 aromatic rings. The largest absolute Gasteiger partial charge is 0.462 e. The summed E-state index contributed by atoms with van der Waals surface area (Å²) in [6, 6.07) is 6.05. The zero-order valence-electron chi connectivity index (χ0n) is 17.1. The van der Waals surface area contributed by atoms with E-state index in [0.29, 0.717) is 24.3 Å². The lowest BCUT2D eigenvalue weighted by molar-refractivity contribution is -0.130. The van der Waals surface area contributed by atoms with Crippen molar-refractivity contribution < 1.29 is 19.1 Å². The van der Waals surface area contributed by atoms with E-state index in [1.54, 1.807) is 31.2 Å². The first-order chi connectivity index (χ1) is 13.4. The Morgan fingerprint density at radius 1 is 1.14 bits per heavy atom. The number of benzene rings is 1. The molecule has 0 radical (unpaired) electrons. The van der Waals surface area contributed by atoms with Gasteiger partial charge < -0.3 is 15.4 Å². The van der Waals surface area contributed by atoms with Gasteiger partial charge in [0.15, 0.2) is 0 Å². The van der Waals surface area contributed by atoms with Crippen LogP contribution < -0.4 is 10.6 Å². The molecular weight excluding hydrogens is 356 g/mol. The van der Waals surface area contributed by atoms with Crippen LogP contribution in [0.2, 0.25) is 0 Å². The Balaban J connectivity index is 2.05. The molecule has 2 N–H and O–H groups in total. The Labute approximate surface area is 167 Å². The van der Waals surface area contributed by atoms with Gasteiger partial charge in [0.1, 0.15) is 6.04 Å². The van der Waals surface area contributed by atoms with Gasteiger partial charge in [-0.25, -0.2) is 4.79 Å². The molecule has 0 bridgehead atoms. The second-order valence-electron chi connectivity index (χ2n) is 7.82. The van der Waals surface area contributed by atoms with Gasteiger partial charge in [0.05, 0.1) is 12.2 Å². The number of amides is 2. The minimum Gasteiger partial charge on any atom is -0.462 e. The first kappa shape index (κ1) is 21.9. The van der Waals surface area contributed by atoms with Crippen molar-refractivity contribution in [2.75, 3.05) is 11.9 Å². The Morgan fingerprint density at radius 3 is 2.50 bits per heavy atom. The Hall–Kier alpha value is -2.37. The summed E-state index contributed by atoms with van der Waals surface area (Å²) in [5, 5.41) is 5.78. The van der Waals surface area contributed by atoms with E-state index in [1.165, 1.54) is 6.42 Å². The summed E-state index contributed by atoms with van der Waals surface area (Å²) in [4.78, 5) is 37.3. The van der Waals surface area contributed by atoms with E-state index in [2.05, 4.69) is 10.6 Å². The molecule has 0 aliphatic heterocycles. The van der Waals surface area contributed by atoms with E-state index in [9.17, 15) is 14.4 Å². The number of ether oxygens (including phenoxy) is 1. The van der Waals surface area contributed by atoms with Crippen molar-refractivity contribution in [1.29, 1.82) is 0 Å². The number of hydrogen-bond acceptors (Lipinski definition) is 4. The van der Waals surface area contributed by atoms with Crippen LogP contribution in [0.15, 0.2) is 24.3 Å². The van der Waals surface area contributed by atoms with Crippen molar-refractivity contribution in [3.8, 4) is 0 Å². The van der Waals surface area contributed by atoms with Gasteiger partial charge >= 0.3 is 5.97 Å². The van der Waals surface area contributed by atoms with Crippen molar-refractivity contribution in [2.45, 2.75) is 65.3 Å². The first-order valence-corrected chi connectivity index (χ1v) is 10.3. The zero-order valence-corrected chi connectivity index (χ0v) is 17.1. The van der Waals surface area contributed by atoms with Crippen molar-refractivity contribution in [1.82, 2.24) is 5.32 Å². The molecule has 1 aliphatic rings. The number of nitrogens with one attached hydrogen (secondary N) is 2. The maximum atomic E-state index is 12.8. The highest BCUT2D eigenvalue weighted by Gasteiger charge is 2.27. The lowest BCUT2D eigenvalue weighted by atomic mass is 9.88. The number of rotatable bonds is 8.